The highest BCUT2D eigenvalue weighted by Gasteiger charge is 2.15. The molecule has 0 aromatic rings. The van der Waals surface area contributed by atoms with E-state index in [9.17, 15) is 9.59 Å². The van der Waals surface area contributed by atoms with Gasteiger partial charge < -0.3 is 4.74 Å². The lowest BCUT2D eigenvalue weighted by Gasteiger charge is -2.18. The van der Waals surface area contributed by atoms with Crippen LogP contribution in [0.2, 0.25) is 0 Å². The van der Waals surface area contributed by atoms with Crippen LogP contribution in [0.1, 0.15) is 40.0 Å². The summed E-state index contributed by atoms with van der Waals surface area (Å²) in [6.45, 7) is 6.25. The standard InChI is InChI=1S/C17H23ClO3/c1-13-5-4-6-14(12-21-16(20)11-18)7-9-17(2,3)10-8-15(13)19/h5,7-8,10H,4,6,9,11-12H2,1-3H3/b10-8+,13-5+,14-7-. The number of halogens is 1. The Labute approximate surface area is 131 Å². The first-order valence-corrected chi connectivity index (χ1v) is 7.67. The van der Waals surface area contributed by atoms with Gasteiger partial charge in [0.25, 0.3) is 0 Å². The number of ether oxygens (including phenoxy) is 1. The molecule has 0 saturated carbocycles. The normalized spacial score (nSPS) is 25.8. The van der Waals surface area contributed by atoms with Gasteiger partial charge in [0.15, 0.2) is 5.78 Å². The summed E-state index contributed by atoms with van der Waals surface area (Å²) < 4.78 is 5.10. The Morgan fingerprint density at radius 2 is 2.10 bits per heavy atom. The van der Waals surface area contributed by atoms with E-state index < -0.39 is 5.97 Å². The molecule has 0 spiro atoms. The van der Waals surface area contributed by atoms with Crippen molar-refractivity contribution >= 4 is 23.4 Å². The van der Waals surface area contributed by atoms with Crippen LogP contribution >= 0.6 is 11.6 Å². The minimum atomic E-state index is -0.409. The predicted molar refractivity (Wildman–Crippen MR) is 85.3 cm³/mol. The van der Waals surface area contributed by atoms with Crippen LogP contribution in [0.15, 0.2) is 35.5 Å². The van der Waals surface area contributed by atoms with E-state index in [4.69, 9.17) is 16.3 Å². The van der Waals surface area contributed by atoms with Crippen molar-refractivity contribution in [1.29, 1.82) is 0 Å². The van der Waals surface area contributed by atoms with Crippen LogP contribution in [0.25, 0.3) is 0 Å². The fraction of sp³-hybridized carbons (Fsp3) is 0.529. The molecule has 0 bridgehead atoms. The van der Waals surface area contributed by atoms with Gasteiger partial charge in [-0.05, 0) is 48.8 Å². The largest absolute Gasteiger partial charge is 0.460 e. The van der Waals surface area contributed by atoms with E-state index in [1.54, 1.807) is 6.08 Å². The molecule has 0 fully saturated rings. The van der Waals surface area contributed by atoms with Crippen molar-refractivity contribution in [3.8, 4) is 0 Å². The Balaban J connectivity index is 2.86. The van der Waals surface area contributed by atoms with E-state index >= 15 is 0 Å². The molecular formula is C17H23ClO3. The third-order valence-electron chi connectivity index (χ3n) is 3.44. The van der Waals surface area contributed by atoms with Gasteiger partial charge in [-0.15, -0.1) is 11.6 Å². The monoisotopic (exact) mass is 310 g/mol. The number of hydrogen-bond acceptors (Lipinski definition) is 3. The van der Waals surface area contributed by atoms with Crippen molar-refractivity contribution in [3.05, 3.63) is 35.5 Å². The summed E-state index contributed by atoms with van der Waals surface area (Å²) in [5.74, 6) is -0.484. The van der Waals surface area contributed by atoms with Gasteiger partial charge in [0.1, 0.15) is 12.5 Å². The first-order valence-electron chi connectivity index (χ1n) is 7.14. The number of hydrogen-bond donors (Lipinski definition) is 0. The average molecular weight is 311 g/mol. The molecule has 3 nitrogen and oxygen atoms in total. The quantitative estimate of drug-likeness (QED) is 0.450. The molecule has 0 N–H and O–H groups in total. The number of carbonyl (C=O) groups is 2. The number of alkyl halides is 1. The smallest absolute Gasteiger partial charge is 0.321 e. The van der Waals surface area contributed by atoms with Gasteiger partial charge in [0.2, 0.25) is 0 Å². The van der Waals surface area contributed by atoms with Gasteiger partial charge in [-0.1, -0.05) is 32.1 Å². The molecule has 0 unspecified atom stereocenters. The molecule has 21 heavy (non-hydrogen) atoms. The number of ketones is 1. The zero-order chi connectivity index (χ0) is 15.9. The highest BCUT2D eigenvalue weighted by molar-refractivity contribution is 6.26. The van der Waals surface area contributed by atoms with Crippen molar-refractivity contribution in [2.24, 2.45) is 5.41 Å². The van der Waals surface area contributed by atoms with Crippen molar-refractivity contribution in [1.82, 2.24) is 0 Å². The summed E-state index contributed by atoms with van der Waals surface area (Å²) in [5.41, 5.74) is 1.71. The summed E-state index contributed by atoms with van der Waals surface area (Å²) >= 11 is 5.43. The van der Waals surface area contributed by atoms with Crippen molar-refractivity contribution in [2.75, 3.05) is 12.5 Å². The van der Waals surface area contributed by atoms with Crippen LogP contribution < -0.4 is 0 Å². The summed E-state index contributed by atoms with van der Waals surface area (Å²) in [5, 5.41) is 0. The van der Waals surface area contributed by atoms with Crippen molar-refractivity contribution in [3.63, 3.8) is 0 Å². The fourth-order valence-electron chi connectivity index (χ4n) is 1.93. The molecule has 0 aromatic heterocycles. The van der Waals surface area contributed by atoms with Gasteiger partial charge in [-0.3, -0.25) is 9.59 Å². The molecule has 4 heteroatoms. The highest BCUT2D eigenvalue weighted by atomic mass is 35.5. The Kier molecular flexibility index (Phi) is 6.90. The van der Waals surface area contributed by atoms with Crippen LogP contribution in [-0.4, -0.2) is 24.2 Å². The fourth-order valence-corrected chi connectivity index (χ4v) is 2.00. The van der Waals surface area contributed by atoms with E-state index in [1.807, 2.05) is 19.1 Å². The number of esters is 1. The van der Waals surface area contributed by atoms with Crippen LogP contribution in [0.4, 0.5) is 0 Å². The Morgan fingerprint density at radius 3 is 2.76 bits per heavy atom. The lowest BCUT2D eigenvalue weighted by atomic mass is 9.87. The summed E-state index contributed by atoms with van der Waals surface area (Å²) in [6, 6.07) is 0. The second-order valence-electron chi connectivity index (χ2n) is 5.97. The molecule has 0 aliphatic heterocycles. The SMILES string of the molecule is C/C1=C\CC/C(COC(=O)CCl)=C/CC(C)(C)/C=C/C1=O. The van der Waals surface area contributed by atoms with E-state index in [1.165, 1.54) is 0 Å². The number of rotatable bonds is 3. The zero-order valence-corrected chi connectivity index (χ0v) is 13.7. The summed E-state index contributed by atoms with van der Waals surface area (Å²) in [7, 11) is 0. The van der Waals surface area contributed by atoms with Crippen molar-refractivity contribution in [2.45, 2.75) is 40.0 Å². The number of carbonyl (C=O) groups excluding carboxylic acids is 2. The Bertz CT molecular complexity index is 484. The molecular weight excluding hydrogens is 288 g/mol. The topological polar surface area (TPSA) is 43.4 Å². The molecule has 0 saturated heterocycles. The second kappa shape index (κ2) is 8.18. The first kappa shape index (κ1) is 17.7. The van der Waals surface area contributed by atoms with Crippen molar-refractivity contribution < 1.29 is 14.3 Å². The van der Waals surface area contributed by atoms with Gasteiger partial charge in [0, 0.05) is 0 Å². The minimum absolute atomic E-state index is 0.0556. The molecule has 116 valence electrons. The highest BCUT2D eigenvalue weighted by Crippen LogP contribution is 2.25. The molecule has 1 aliphatic rings. The lowest BCUT2D eigenvalue weighted by Crippen LogP contribution is -2.10. The predicted octanol–water partition coefficient (Wildman–Crippen LogP) is 3.98. The zero-order valence-electron chi connectivity index (χ0n) is 12.9. The molecule has 0 radical (unpaired) electrons. The van der Waals surface area contributed by atoms with Crippen LogP contribution in [0.3, 0.4) is 0 Å². The average Bonchev–Trinajstić information content (AvgIpc) is 2.47. The van der Waals surface area contributed by atoms with Gasteiger partial charge in [-0.2, -0.15) is 0 Å². The van der Waals surface area contributed by atoms with E-state index in [2.05, 4.69) is 19.9 Å². The van der Waals surface area contributed by atoms with Gasteiger partial charge in [-0.25, -0.2) is 0 Å². The second-order valence-corrected chi connectivity index (χ2v) is 6.24. The molecule has 1 aliphatic carbocycles. The molecule has 0 atom stereocenters. The third-order valence-corrected chi connectivity index (χ3v) is 3.65. The summed E-state index contributed by atoms with van der Waals surface area (Å²) in [4.78, 5) is 23.1. The van der Waals surface area contributed by atoms with E-state index in [0.29, 0.717) is 0 Å². The van der Waals surface area contributed by atoms with Crippen LogP contribution in [0.5, 0.6) is 0 Å². The maximum Gasteiger partial charge on any atom is 0.321 e. The third kappa shape index (κ3) is 6.76. The molecule has 0 heterocycles. The lowest BCUT2D eigenvalue weighted by molar-refractivity contribution is -0.139. The molecule has 0 amide bonds. The Morgan fingerprint density at radius 1 is 1.38 bits per heavy atom. The number of allylic oxidation sites excluding steroid dienone is 5. The molecule has 1 rings (SSSR count). The first-order chi connectivity index (χ1) is 9.84. The Hall–Kier alpha value is -1.35. The van der Waals surface area contributed by atoms with Gasteiger partial charge >= 0.3 is 5.97 Å². The summed E-state index contributed by atoms with van der Waals surface area (Å²) in [6.07, 6.45) is 9.96. The van der Waals surface area contributed by atoms with Gasteiger partial charge in [0.05, 0.1) is 0 Å². The van der Waals surface area contributed by atoms with E-state index in [-0.39, 0.29) is 23.7 Å². The van der Waals surface area contributed by atoms with Crippen LogP contribution in [-0.2, 0) is 14.3 Å². The minimum Gasteiger partial charge on any atom is -0.460 e. The van der Waals surface area contributed by atoms with Crippen LogP contribution in [0, 0.1) is 5.41 Å². The maximum absolute atomic E-state index is 11.9. The molecule has 0 aromatic carbocycles. The maximum atomic E-state index is 11.9. The van der Waals surface area contributed by atoms with E-state index in [0.717, 1.165) is 30.4 Å².